The molecule has 0 fully saturated rings. The zero-order valence-corrected chi connectivity index (χ0v) is 14.0. The lowest BCUT2D eigenvalue weighted by Crippen LogP contribution is -2.27. The van der Waals surface area contributed by atoms with Gasteiger partial charge in [-0.2, -0.15) is 0 Å². The quantitative estimate of drug-likeness (QED) is 0.680. The third-order valence-corrected chi connectivity index (χ3v) is 4.16. The van der Waals surface area contributed by atoms with Crippen LogP contribution in [0.15, 0.2) is 65.5 Å². The van der Waals surface area contributed by atoms with Crippen molar-refractivity contribution in [2.24, 2.45) is 0 Å². The van der Waals surface area contributed by atoms with Crippen molar-refractivity contribution in [3.05, 3.63) is 78.3 Å². The van der Waals surface area contributed by atoms with Crippen molar-refractivity contribution in [3.63, 3.8) is 0 Å². The molecule has 1 aromatic carbocycles. The molecule has 0 aliphatic heterocycles. The smallest absolute Gasteiger partial charge is 0.132 e. The van der Waals surface area contributed by atoms with Gasteiger partial charge in [-0.25, -0.2) is 4.39 Å². The molecule has 0 radical (unpaired) electrons. The molecule has 2 atom stereocenters. The van der Waals surface area contributed by atoms with Gasteiger partial charge < -0.3 is 14.8 Å². The van der Waals surface area contributed by atoms with Crippen LogP contribution in [-0.4, -0.2) is 16.1 Å². The van der Waals surface area contributed by atoms with Crippen LogP contribution >= 0.6 is 0 Å². The van der Waals surface area contributed by atoms with Crippen LogP contribution in [0.4, 0.5) is 4.39 Å². The first-order chi connectivity index (χ1) is 12.1. The van der Waals surface area contributed by atoms with E-state index in [4.69, 9.17) is 4.42 Å². The Bertz CT molecular complexity index is 791. The van der Waals surface area contributed by atoms with E-state index in [1.54, 1.807) is 30.6 Å². The number of aliphatic hydroxyl groups is 1. The molecule has 5 heteroatoms. The standard InChI is InChI=1S/C20H21FN2O2/c1-14(11-19(24)20-3-2-10-25-20)23-13-17-5-4-16(12-18(17)21)15-6-8-22-9-7-15/h2-10,12,14,19,23-24H,11,13H2,1H3. The van der Waals surface area contributed by atoms with Gasteiger partial charge in [-0.15, -0.1) is 0 Å². The zero-order valence-electron chi connectivity index (χ0n) is 14.0. The molecule has 25 heavy (non-hydrogen) atoms. The summed E-state index contributed by atoms with van der Waals surface area (Å²) >= 11 is 0. The highest BCUT2D eigenvalue weighted by molar-refractivity contribution is 5.63. The lowest BCUT2D eigenvalue weighted by molar-refractivity contribution is 0.128. The van der Waals surface area contributed by atoms with Crippen LogP contribution in [0.25, 0.3) is 11.1 Å². The molecular formula is C20H21FN2O2. The van der Waals surface area contributed by atoms with Gasteiger partial charge in [-0.3, -0.25) is 4.98 Å². The number of halogens is 1. The van der Waals surface area contributed by atoms with E-state index in [1.807, 2.05) is 25.1 Å². The predicted octanol–water partition coefficient (Wildman–Crippen LogP) is 4.08. The molecule has 3 aromatic rings. The van der Waals surface area contributed by atoms with E-state index in [-0.39, 0.29) is 11.9 Å². The summed E-state index contributed by atoms with van der Waals surface area (Å²) in [4.78, 5) is 3.97. The minimum atomic E-state index is -0.670. The van der Waals surface area contributed by atoms with Gasteiger partial charge in [0, 0.05) is 30.5 Å². The second-order valence-electron chi connectivity index (χ2n) is 6.09. The van der Waals surface area contributed by atoms with Crippen LogP contribution in [0.2, 0.25) is 0 Å². The van der Waals surface area contributed by atoms with Gasteiger partial charge in [0.1, 0.15) is 17.7 Å². The summed E-state index contributed by atoms with van der Waals surface area (Å²) in [7, 11) is 0. The van der Waals surface area contributed by atoms with E-state index in [0.717, 1.165) is 11.1 Å². The molecule has 0 saturated heterocycles. The maximum Gasteiger partial charge on any atom is 0.132 e. The summed E-state index contributed by atoms with van der Waals surface area (Å²) in [6, 6.07) is 12.4. The number of pyridine rings is 1. The van der Waals surface area contributed by atoms with Gasteiger partial charge in [0.25, 0.3) is 0 Å². The van der Waals surface area contributed by atoms with Gasteiger partial charge in [-0.05, 0) is 54.8 Å². The van der Waals surface area contributed by atoms with E-state index >= 15 is 0 Å². The number of nitrogens with zero attached hydrogens (tertiary/aromatic N) is 1. The molecule has 0 aliphatic rings. The van der Waals surface area contributed by atoms with Crippen molar-refractivity contribution < 1.29 is 13.9 Å². The topological polar surface area (TPSA) is 58.3 Å². The number of rotatable bonds is 7. The molecule has 2 heterocycles. The highest BCUT2D eigenvalue weighted by Crippen LogP contribution is 2.22. The number of aliphatic hydroxyl groups excluding tert-OH is 1. The molecule has 0 spiro atoms. The molecular weight excluding hydrogens is 319 g/mol. The molecule has 4 nitrogen and oxygen atoms in total. The lowest BCUT2D eigenvalue weighted by atomic mass is 10.0. The van der Waals surface area contributed by atoms with Gasteiger partial charge in [0.2, 0.25) is 0 Å². The van der Waals surface area contributed by atoms with Gasteiger partial charge in [-0.1, -0.05) is 12.1 Å². The summed E-state index contributed by atoms with van der Waals surface area (Å²) in [5.74, 6) is 0.294. The highest BCUT2D eigenvalue weighted by atomic mass is 19.1. The molecule has 130 valence electrons. The monoisotopic (exact) mass is 340 g/mol. The van der Waals surface area contributed by atoms with E-state index < -0.39 is 6.10 Å². The van der Waals surface area contributed by atoms with Gasteiger partial charge in [0.05, 0.1) is 6.26 Å². The van der Waals surface area contributed by atoms with E-state index in [2.05, 4.69) is 10.3 Å². The van der Waals surface area contributed by atoms with Crippen LogP contribution in [0.1, 0.15) is 30.8 Å². The lowest BCUT2D eigenvalue weighted by Gasteiger charge is -2.17. The Morgan fingerprint density at radius 1 is 1.16 bits per heavy atom. The number of furan rings is 1. The highest BCUT2D eigenvalue weighted by Gasteiger charge is 2.15. The zero-order chi connectivity index (χ0) is 17.6. The SMILES string of the molecule is CC(CC(O)c1ccco1)NCc1ccc(-c2ccncc2)cc1F. The fraction of sp³-hybridized carbons (Fsp3) is 0.250. The average Bonchev–Trinajstić information content (AvgIpc) is 3.16. The van der Waals surface area contributed by atoms with Crippen molar-refractivity contribution in [2.45, 2.75) is 32.0 Å². The first-order valence-corrected chi connectivity index (χ1v) is 8.27. The minimum Gasteiger partial charge on any atom is -0.467 e. The minimum absolute atomic E-state index is 0.0133. The summed E-state index contributed by atoms with van der Waals surface area (Å²) in [5.41, 5.74) is 2.35. The van der Waals surface area contributed by atoms with Crippen molar-refractivity contribution in [1.82, 2.24) is 10.3 Å². The normalized spacial score (nSPS) is 13.6. The number of hydrogen-bond donors (Lipinski definition) is 2. The van der Waals surface area contributed by atoms with Crippen LogP contribution in [0, 0.1) is 5.82 Å². The van der Waals surface area contributed by atoms with E-state index in [0.29, 0.717) is 24.3 Å². The van der Waals surface area contributed by atoms with Crippen molar-refractivity contribution in [3.8, 4) is 11.1 Å². The molecule has 2 unspecified atom stereocenters. The Hall–Kier alpha value is -2.50. The fourth-order valence-electron chi connectivity index (χ4n) is 2.71. The Balaban J connectivity index is 1.58. The molecule has 2 aromatic heterocycles. The molecule has 0 bridgehead atoms. The first kappa shape index (κ1) is 17.3. The summed E-state index contributed by atoms with van der Waals surface area (Å²) in [6.45, 7) is 2.35. The van der Waals surface area contributed by atoms with Gasteiger partial charge >= 0.3 is 0 Å². The third-order valence-electron chi connectivity index (χ3n) is 4.16. The summed E-state index contributed by atoms with van der Waals surface area (Å²) < 4.78 is 19.5. The third kappa shape index (κ3) is 4.53. The largest absolute Gasteiger partial charge is 0.467 e. The second-order valence-corrected chi connectivity index (χ2v) is 6.09. The molecule has 3 rings (SSSR count). The Kier molecular flexibility index (Phi) is 5.58. The summed E-state index contributed by atoms with van der Waals surface area (Å²) in [5, 5.41) is 13.3. The number of benzene rings is 1. The molecule has 2 N–H and O–H groups in total. The Morgan fingerprint density at radius 2 is 1.96 bits per heavy atom. The van der Waals surface area contributed by atoms with E-state index in [9.17, 15) is 9.50 Å². The number of nitrogens with one attached hydrogen (secondary N) is 1. The van der Waals surface area contributed by atoms with Crippen molar-refractivity contribution in [1.29, 1.82) is 0 Å². The molecule has 0 aliphatic carbocycles. The summed E-state index contributed by atoms with van der Waals surface area (Å²) in [6.07, 6.45) is 4.74. The Labute approximate surface area is 146 Å². The van der Waals surface area contributed by atoms with E-state index in [1.165, 1.54) is 12.3 Å². The van der Waals surface area contributed by atoms with Crippen LogP contribution in [0.5, 0.6) is 0 Å². The second kappa shape index (κ2) is 8.05. The number of aromatic nitrogens is 1. The Morgan fingerprint density at radius 3 is 2.64 bits per heavy atom. The average molecular weight is 340 g/mol. The first-order valence-electron chi connectivity index (χ1n) is 8.27. The van der Waals surface area contributed by atoms with Crippen LogP contribution < -0.4 is 5.32 Å². The number of hydrogen-bond acceptors (Lipinski definition) is 4. The predicted molar refractivity (Wildman–Crippen MR) is 94.2 cm³/mol. The maximum atomic E-state index is 14.4. The fourth-order valence-corrected chi connectivity index (χ4v) is 2.71. The van der Waals surface area contributed by atoms with Crippen molar-refractivity contribution >= 4 is 0 Å². The van der Waals surface area contributed by atoms with Crippen molar-refractivity contribution in [2.75, 3.05) is 0 Å². The van der Waals surface area contributed by atoms with Crippen LogP contribution in [-0.2, 0) is 6.54 Å². The molecule has 0 amide bonds. The molecule has 0 saturated carbocycles. The maximum absolute atomic E-state index is 14.4. The van der Waals surface area contributed by atoms with Crippen LogP contribution in [0.3, 0.4) is 0 Å². The van der Waals surface area contributed by atoms with Gasteiger partial charge in [0.15, 0.2) is 0 Å².